The molecule has 0 heterocycles. The predicted octanol–water partition coefficient (Wildman–Crippen LogP) is 3.23. The van der Waals surface area contributed by atoms with Gasteiger partial charge in [0.25, 0.3) is 5.69 Å². The number of hydrogen-bond acceptors (Lipinski definition) is 7. The van der Waals surface area contributed by atoms with Crippen LogP contribution >= 0.6 is 0 Å². The highest BCUT2D eigenvalue weighted by molar-refractivity contribution is 5.95. The van der Waals surface area contributed by atoms with Crippen LogP contribution in [0.5, 0.6) is 11.5 Å². The number of hydrogen-bond donors (Lipinski definition) is 0. The minimum Gasteiger partial charge on any atom is -0.493 e. The second kappa shape index (κ2) is 8.48. The van der Waals surface area contributed by atoms with E-state index in [1.54, 1.807) is 31.2 Å². The molecule has 26 heavy (non-hydrogen) atoms. The number of rotatable bonds is 7. The predicted molar refractivity (Wildman–Crippen MR) is 91.1 cm³/mol. The Morgan fingerprint density at radius 1 is 1.23 bits per heavy atom. The zero-order valence-electron chi connectivity index (χ0n) is 14.2. The third-order valence-electron chi connectivity index (χ3n) is 3.45. The molecule has 2 aromatic carbocycles. The molecule has 0 aliphatic carbocycles. The van der Waals surface area contributed by atoms with Crippen molar-refractivity contribution in [3.05, 3.63) is 63.2 Å². The maximum Gasteiger partial charge on any atom is 0.345 e. The number of nitro groups is 1. The molecule has 2 rings (SSSR count). The first-order valence-corrected chi connectivity index (χ1v) is 7.65. The molecule has 0 fully saturated rings. The third kappa shape index (κ3) is 4.27. The van der Waals surface area contributed by atoms with Gasteiger partial charge in [0.05, 0.1) is 36.3 Å². The molecule has 8 nitrogen and oxygen atoms in total. The fourth-order valence-corrected chi connectivity index (χ4v) is 2.19. The average Bonchev–Trinajstić information content (AvgIpc) is 2.66. The van der Waals surface area contributed by atoms with Gasteiger partial charge in [-0.05, 0) is 24.6 Å². The van der Waals surface area contributed by atoms with E-state index in [1.165, 1.54) is 13.2 Å². The molecule has 0 saturated carbocycles. The number of carbonyl (C=O) groups excluding carboxylic acids is 1. The standard InChI is InChI=1S/C18H16N2O6/c1-3-25-17-8-14(15(20(22)23)9-16(17)24-2)18(21)26-11-13-6-4-12(10-19)5-7-13/h4-9H,3,11H2,1-2H3. The SMILES string of the molecule is CCOc1cc(C(=O)OCc2ccc(C#N)cc2)c([N+](=O)[O-])cc1OC. The lowest BCUT2D eigenvalue weighted by molar-refractivity contribution is -0.385. The van der Waals surface area contributed by atoms with Crippen molar-refractivity contribution in [2.45, 2.75) is 13.5 Å². The van der Waals surface area contributed by atoms with Crippen molar-refractivity contribution in [1.82, 2.24) is 0 Å². The van der Waals surface area contributed by atoms with Crippen LogP contribution in [0.1, 0.15) is 28.4 Å². The molecule has 0 N–H and O–H groups in total. The Kier molecular flexibility index (Phi) is 6.11. The summed E-state index contributed by atoms with van der Waals surface area (Å²) in [6.45, 7) is 1.95. The summed E-state index contributed by atoms with van der Waals surface area (Å²) < 4.78 is 15.6. The van der Waals surface area contributed by atoms with Crippen LogP contribution in [-0.2, 0) is 11.3 Å². The molecule has 0 spiro atoms. The van der Waals surface area contributed by atoms with E-state index in [1.807, 2.05) is 6.07 Å². The molecule has 0 unspecified atom stereocenters. The largest absolute Gasteiger partial charge is 0.493 e. The topological polar surface area (TPSA) is 112 Å². The lowest BCUT2D eigenvalue weighted by Gasteiger charge is -2.11. The molecule has 8 heteroatoms. The van der Waals surface area contributed by atoms with Crippen molar-refractivity contribution >= 4 is 11.7 Å². The fourth-order valence-electron chi connectivity index (χ4n) is 2.19. The Bertz CT molecular complexity index is 855. The number of ether oxygens (including phenoxy) is 3. The van der Waals surface area contributed by atoms with Crippen LogP contribution in [0.4, 0.5) is 5.69 Å². The first kappa shape index (κ1) is 18.7. The third-order valence-corrected chi connectivity index (χ3v) is 3.45. The molecule has 0 aliphatic rings. The van der Waals surface area contributed by atoms with Gasteiger partial charge >= 0.3 is 5.97 Å². The summed E-state index contributed by atoms with van der Waals surface area (Å²) in [5, 5.41) is 20.0. The number of nitriles is 1. The fraction of sp³-hybridized carbons (Fsp3) is 0.222. The van der Waals surface area contributed by atoms with E-state index in [0.717, 1.165) is 6.07 Å². The van der Waals surface area contributed by atoms with E-state index in [0.29, 0.717) is 17.7 Å². The zero-order chi connectivity index (χ0) is 19.1. The van der Waals surface area contributed by atoms with Crippen LogP contribution in [0.3, 0.4) is 0 Å². The first-order chi connectivity index (χ1) is 12.5. The lowest BCUT2D eigenvalue weighted by Crippen LogP contribution is -2.10. The molecular weight excluding hydrogens is 340 g/mol. The van der Waals surface area contributed by atoms with Crippen LogP contribution in [-0.4, -0.2) is 24.6 Å². The van der Waals surface area contributed by atoms with E-state index >= 15 is 0 Å². The van der Waals surface area contributed by atoms with E-state index in [-0.39, 0.29) is 23.7 Å². The van der Waals surface area contributed by atoms with E-state index < -0.39 is 16.6 Å². The zero-order valence-corrected chi connectivity index (χ0v) is 14.2. The van der Waals surface area contributed by atoms with Gasteiger partial charge in [0, 0.05) is 6.07 Å². The molecule has 2 aromatic rings. The van der Waals surface area contributed by atoms with Gasteiger partial charge < -0.3 is 14.2 Å². The van der Waals surface area contributed by atoms with Crippen LogP contribution in [0.25, 0.3) is 0 Å². The van der Waals surface area contributed by atoms with Gasteiger partial charge in [-0.25, -0.2) is 4.79 Å². The number of benzene rings is 2. The summed E-state index contributed by atoms with van der Waals surface area (Å²) in [4.78, 5) is 22.9. The molecule has 0 atom stereocenters. The van der Waals surface area contributed by atoms with E-state index in [4.69, 9.17) is 19.5 Å². The average molecular weight is 356 g/mol. The Morgan fingerprint density at radius 2 is 1.92 bits per heavy atom. The van der Waals surface area contributed by atoms with Crippen LogP contribution in [0, 0.1) is 21.4 Å². The number of esters is 1. The molecule has 0 radical (unpaired) electrons. The first-order valence-electron chi connectivity index (χ1n) is 7.65. The molecule has 0 amide bonds. The van der Waals surface area contributed by atoms with Crippen molar-refractivity contribution in [3.8, 4) is 17.6 Å². The van der Waals surface area contributed by atoms with Gasteiger partial charge in [0.2, 0.25) is 0 Å². The van der Waals surface area contributed by atoms with E-state index in [2.05, 4.69) is 0 Å². The Balaban J connectivity index is 2.26. The second-order valence-electron chi connectivity index (χ2n) is 5.10. The van der Waals surface area contributed by atoms with E-state index in [9.17, 15) is 14.9 Å². The molecule has 0 saturated heterocycles. The van der Waals surface area contributed by atoms with Crippen molar-refractivity contribution < 1.29 is 23.9 Å². The molecule has 0 aromatic heterocycles. The Morgan fingerprint density at radius 3 is 2.46 bits per heavy atom. The molecule has 134 valence electrons. The summed E-state index contributed by atoms with van der Waals surface area (Å²) in [6.07, 6.45) is 0. The summed E-state index contributed by atoms with van der Waals surface area (Å²) in [5.41, 5.74) is 0.466. The van der Waals surface area contributed by atoms with Gasteiger partial charge in [0.1, 0.15) is 12.2 Å². The minimum absolute atomic E-state index is 0.0856. The van der Waals surface area contributed by atoms with Crippen molar-refractivity contribution in [2.24, 2.45) is 0 Å². The van der Waals surface area contributed by atoms with Crippen molar-refractivity contribution in [1.29, 1.82) is 5.26 Å². The van der Waals surface area contributed by atoms with Crippen LogP contribution < -0.4 is 9.47 Å². The maximum atomic E-state index is 12.3. The normalized spacial score (nSPS) is 9.88. The van der Waals surface area contributed by atoms with Gasteiger partial charge in [0.15, 0.2) is 11.5 Å². The molecule has 0 aliphatic heterocycles. The highest BCUT2D eigenvalue weighted by Crippen LogP contribution is 2.35. The van der Waals surface area contributed by atoms with Gasteiger partial charge in [-0.1, -0.05) is 12.1 Å². The summed E-state index contributed by atoms with van der Waals surface area (Å²) >= 11 is 0. The van der Waals surface area contributed by atoms with Crippen LogP contribution in [0.15, 0.2) is 36.4 Å². The minimum atomic E-state index is -0.857. The molecular formula is C18H16N2O6. The Hall–Kier alpha value is -3.60. The van der Waals surface area contributed by atoms with Gasteiger partial charge in [-0.15, -0.1) is 0 Å². The lowest BCUT2D eigenvalue weighted by atomic mass is 10.1. The monoisotopic (exact) mass is 356 g/mol. The summed E-state index contributed by atoms with van der Waals surface area (Å²) in [7, 11) is 1.35. The van der Waals surface area contributed by atoms with Crippen molar-refractivity contribution in [2.75, 3.05) is 13.7 Å². The quantitative estimate of drug-likeness (QED) is 0.425. The summed E-state index contributed by atoms with van der Waals surface area (Å²) in [6, 6.07) is 10.8. The number of nitro benzene ring substituents is 1. The van der Waals surface area contributed by atoms with Gasteiger partial charge in [-0.3, -0.25) is 10.1 Å². The Labute approximate surface area is 149 Å². The molecule has 0 bridgehead atoms. The maximum absolute atomic E-state index is 12.3. The van der Waals surface area contributed by atoms with Crippen molar-refractivity contribution in [3.63, 3.8) is 0 Å². The van der Waals surface area contributed by atoms with Crippen LogP contribution in [0.2, 0.25) is 0 Å². The highest BCUT2D eigenvalue weighted by atomic mass is 16.6. The van der Waals surface area contributed by atoms with Gasteiger partial charge in [-0.2, -0.15) is 5.26 Å². The second-order valence-corrected chi connectivity index (χ2v) is 5.10. The smallest absolute Gasteiger partial charge is 0.345 e. The highest BCUT2D eigenvalue weighted by Gasteiger charge is 2.25. The number of methoxy groups -OCH3 is 1. The number of nitrogens with zero attached hydrogens (tertiary/aromatic N) is 2. The number of carbonyl (C=O) groups is 1. The summed E-state index contributed by atoms with van der Waals surface area (Å²) in [5.74, 6) is -0.488.